The molecule has 0 unspecified atom stereocenters. The summed E-state index contributed by atoms with van der Waals surface area (Å²) in [5, 5.41) is 1.42. The van der Waals surface area contributed by atoms with Gasteiger partial charge in [0.2, 0.25) is 10.0 Å². The molecule has 25 heavy (non-hydrogen) atoms. The highest BCUT2D eigenvalue weighted by molar-refractivity contribution is 7.89. The van der Waals surface area contributed by atoms with Crippen molar-refractivity contribution in [3.05, 3.63) is 40.6 Å². The van der Waals surface area contributed by atoms with Crippen LogP contribution in [0.25, 0.3) is 0 Å². The van der Waals surface area contributed by atoms with E-state index in [9.17, 15) is 13.2 Å². The van der Waals surface area contributed by atoms with Crippen LogP contribution in [0.15, 0.2) is 40.6 Å². The summed E-state index contributed by atoms with van der Waals surface area (Å²) in [4.78, 5) is 12.4. The van der Waals surface area contributed by atoms with Crippen molar-refractivity contribution in [1.29, 1.82) is 0 Å². The predicted octanol–water partition coefficient (Wildman–Crippen LogP) is 2.00. The van der Waals surface area contributed by atoms with Crippen LogP contribution in [0.5, 0.6) is 11.5 Å². The molecule has 0 amide bonds. The molecule has 0 N–H and O–H groups in total. The van der Waals surface area contributed by atoms with Crippen LogP contribution in [0.3, 0.4) is 0 Å². The normalized spacial score (nSPS) is 16.7. The minimum Gasteiger partial charge on any atom is -0.486 e. The van der Waals surface area contributed by atoms with Gasteiger partial charge in [-0.1, -0.05) is 12.1 Å². The van der Waals surface area contributed by atoms with Crippen LogP contribution in [0, 0.1) is 0 Å². The van der Waals surface area contributed by atoms with Gasteiger partial charge in [0, 0.05) is 19.5 Å². The number of sulfonamides is 1. The van der Waals surface area contributed by atoms with E-state index >= 15 is 0 Å². The monoisotopic (exact) mass is 383 g/mol. The van der Waals surface area contributed by atoms with Crippen LogP contribution in [0.1, 0.15) is 9.67 Å². The molecule has 2 heterocycles. The minimum atomic E-state index is -3.57. The summed E-state index contributed by atoms with van der Waals surface area (Å²) in [6, 6.07) is 8.57. The molecular weight excluding hydrogens is 366 g/mol. The van der Waals surface area contributed by atoms with E-state index in [1.165, 1.54) is 25.5 Å². The first-order valence-electron chi connectivity index (χ1n) is 7.44. The summed E-state index contributed by atoms with van der Waals surface area (Å²) < 4.78 is 41.6. The Kier molecular flexibility index (Phi) is 4.98. The Morgan fingerprint density at radius 2 is 2.04 bits per heavy atom. The molecule has 3 rings (SSSR count). The molecule has 0 aliphatic carbocycles. The molecule has 2 aromatic rings. The molecule has 0 spiro atoms. The second-order valence-corrected chi connectivity index (χ2v) is 8.59. The quantitative estimate of drug-likeness (QED) is 0.735. The fourth-order valence-corrected chi connectivity index (χ4v) is 4.21. The molecule has 9 heteroatoms. The Labute approximate surface area is 149 Å². The average molecular weight is 383 g/mol. The second-order valence-electron chi connectivity index (χ2n) is 5.53. The summed E-state index contributed by atoms with van der Waals surface area (Å²) in [6.45, 7) is 0.288. The molecule has 1 atom stereocenters. The highest BCUT2D eigenvalue weighted by Crippen LogP contribution is 2.31. The predicted molar refractivity (Wildman–Crippen MR) is 91.8 cm³/mol. The topological polar surface area (TPSA) is 82.1 Å². The molecule has 1 aromatic heterocycles. The number of hydrogen-bond donors (Lipinski definition) is 0. The third-order valence-corrected chi connectivity index (χ3v) is 6.38. The maximum atomic E-state index is 12.1. The molecule has 0 radical (unpaired) electrons. The van der Waals surface area contributed by atoms with Crippen molar-refractivity contribution in [3.8, 4) is 11.5 Å². The van der Waals surface area contributed by atoms with E-state index in [0.717, 1.165) is 15.6 Å². The Morgan fingerprint density at radius 3 is 2.76 bits per heavy atom. The van der Waals surface area contributed by atoms with E-state index in [0.29, 0.717) is 11.5 Å². The molecule has 1 aliphatic heterocycles. The summed E-state index contributed by atoms with van der Waals surface area (Å²) in [5.74, 6) is 0.666. The fourth-order valence-electron chi connectivity index (χ4n) is 2.16. The molecule has 0 saturated carbocycles. The summed E-state index contributed by atoms with van der Waals surface area (Å²) in [6.07, 6.45) is -0.413. The van der Waals surface area contributed by atoms with Crippen LogP contribution in [-0.4, -0.2) is 52.1 Å². The summed E-state index contributed by atoms with van der Waals surface area (Å²) >= 11 is 1.02. The van der Waals surface area contributed by atoms with Gasteiger partial charge in [-0.05, 0) is 18.2 Å². The number of nitrogens with zero attached hydrogens (tertiary/aromatic N) is 1. The number of para-hydroxylation sites is 2. The molecule has 1 aliphatic rings. The van der Waals surface area contributed by atoms with E-state index in [1.54, 1.807) is 12.1 Å². The number of rotatable bonds is 5. The van der Waals surface area contributed by atoms with Crippen LogP contribution in [0.4, 0.5) is 0 Å². The van der Waals surface area contributed by atoms with Crippen molar-refractivity contribution >= 4 is 27.3 Å². The van der Waals surface area contributed by atoms with Gasteiger partial charge in [0.25, 0.3) is 0 Å². The largest absolute Gasteiger partial charge is 0.486 e. The van der Waals surface area contributed by atoms with Crippen LogP contribution >= 0.6 is 11.3 Å². The third kappa shape index (κ3) is 3.78. The van der Waals surface area contributed by atoms with Crippen molar-refractivity contribution in [2.75, 3.05) is 27.3 Å². The lowest BCUT2D eigenvalue weighted by molar-refractivity contribution is 0.0113. The SMILES string of the molecule is CN(C)S(=O)(=O)c1csc(C(=O)OC[C@@H]2COc3ccccc3O2)c1. The molecule has 134 valence electrons. The molecule has 0 saturated heterocycles. The number of esters is 1. The Balaban J connectivity index is 1.60. The summed E-state index contributed by atoms with van der Waals surface area (Å²) in [7, 11) is -0.700. The zero-order chi connectivity index (χ0) is 18.0. The van der Waals surface area contributed by atoms with Gasteiger partial charge in [-0.2, -0.15) is 0 Å². The average Bonchev–Trinajstić information content (AvgIpc) is 3.10. The number of carbonyl (C=O) groups excluding carboxylic acids is 1. The molecule has 0 bridgehead atoms. The fraction of sp³-hybridized carbons (Fsp3) is 0.312. The zero-order valence-electron chi connectivity index (χ0n) is 13.7. The van der Waals surface area contributed by atoms with Gasteiger partial charge < -0.3 is 14.2 Å². The second kappa shape index (κ2) is 7.03. The standard InChI is InChI=1S/C16H17NO6S2/c1-17(2)25(19,20)12-7-15(24-10-12)16(18)22-9-11-8-21-13-5-3-4-6-14(13)23-11/h3-7,10-11H,8-9H2,1-2H3/t11-/m0/s1. The van der Waals surface area contributed by atoms with Crippen molar-refractivity contribution in [1.82, 2.24) is 4.31 Å². The highest BCUT2D eigenvalue weighted by atomic mass is 32.2. The van der Waals surface area contributed by atoms with Gasteiger partial charge in [0.15, 0.2) is 17.6 Å². The first kappa shape index (κ1) is 17.7. The van der Waals surface area contributed by atoms with Crippen molar-refractivity contribution in [2.24, 2.45) is 0 Å². The van der Waals surface area contributed by atoms with Gasteiger partial charge >= 0.3 is 5.97 Å². The zero-order valence-corrected chi connectivity index (χ0v) is 15.3. The molecule has 7 nitrogen and oxygen atoms in total. The summed E-state index contributed by atoms with van der Waals surface area (Å²) in [5.41, 5.74) is 0. The maximum Gasteiger partial charge on any atom is 0.348 e. The van der Waals surface area contributed by atoms with E-state index < -0.39 is 22.1 Å². The Morgan fingerprint density at radius 1 is 1.32 bits per heavy atom. The van der Waals surface area contributed by atoms with E-state index in [4.69, 9.17) is 14.2 Å². The number of hydrogen-bond acceptors (Lipinski definition) is 7. The highest BCUT2D eigenvalue weighted by Gasteiger charge is 2.24. The van der Waals surface area contributed by atoms with E-state index in [-0.39, 0.29) is 23.0 Å². The number of thiophene rings is 1. The van der Waals surface area contributed by atoms with Crippen molar-refractivity contribution in [3.63, 3.8) is 0 Å². The van der Waals surface area contributed by atoms with Gasteiger partial charge in [-0.3, -0.25) is 0 Å². The van der Waals surface area contributed by atoms with Crippen molar-refractivity contribution in [2.45, 2.75) is 11.0 Å². The first-order chi connectivity index (χ1) is 11.9. The van der Waals surface area contributed by atoms with Crippen LogP contribution in [-0.2, 0) is 14.8 Å². The molecular formula is C16H17NO6S2. The van der Waals surface area contributed by atoms with Gasteiger partial charge in [-0.25, -0.2) is 17.5 Å². The van der Waals surface area contributed by atoms with Crippen LogP contribution < -0.4 is 9.47 Å². The first-order valence-corrected chi connectivity index (χ1v) is 9.76. The lowest BCUT2D eigenvalue weighted by Crippen LogP contribution is -2.34. The van der Waals surface area contributed by atoms with Gasteiger partial charge in [0.1, 0.15) is 18.1 Å². The van der Waals surface area contributed by atoms with E-state index in [2.05, 4.69) is 0 Å². The number of benzene rings is 1. The number of ether oxygens (including phenoxy) is 3. The number of carbonyl (C=O) groups is 1. The van der Waals surface area contributed by atoms with Gasteiger partial charge in [-0.15, -0.1) is 11.3 Å². The molecule has 1 aromatic carbocycles. The number of fused-ring (bicyclic) bond motifs is 1. The van der Waals surface area contributed by atoms with E-state index in [1.807, 2.05) is 12.1 Å². The molecule has 0 fully saturated rings. The van der Waals surface area contributed by atoms with Crippen LogP contribution in [0.2, 0.25) is 0 Å². The lowest BCUT2D eigenvalue weighted by Gasteiger charge is -2.25. The smallest absolute Gasteiger partial charge is 0.348 e. The minimum absolute atomic E-state index is 0.0147. The van der Waals surface area contributed by atoms with Crippen molar-refractivity contribution < 1.29 is 27.4 Å². The van der Waals surface area contributed by atoms with Gasteiger partial charge in [0.05, 0.1) is 4.90 Å². The maximum absolute atomic E-state index is 12.1. The third-order valence-electron chi connectivity index (χ3n) is 3.52. The lowest BCUT2D eigenvalue weighted by atomic mass is 10.3. The Hall–Kier alpha value is -2.10. The Bertz CT molecular complexity index is 874.